The minimum absolute atomic E-state index is 0.000681. The molecule has 4 aromatic rings. The second kappa shape index (κ2) is 19.6. The number of carboxylic acid groups (broad SMARTS) is 1. The van der Waals surface area contributed by atoms with Gasteiger partial charge in [-0.05, 0) is 58.2 Å². The number of aliphatic carboxylic acids is 1. The van der Waals surface area contributed by atoms with Crippen molar-refractivity contribution >= 4 is 53.0 Å². The van der Waals surface area contributed by atoms with Crippen LogP contribution in [0.5, 0.6) is 0 Å². The Labute approximate surface area is 335 Å². The fourth-order valence-electron chi connectivity index (χ4n) is 6.74. The van der Waals surface area contributed by atoms with Gasteiger partial charge in [0.25, 0.3) is 0 Å². The number of thioether (sulfide) groups is 1. The highest BCUT2D eigenvalue weighted by Crippen LogP contribution is 2.28. The van der Waals surface area contributed by atoms with Gasteiger partial charge in [0, 0.05) is 43.0 Å². The minimum Gasteiger partial charge on any atom is -0.480 e. The zero-order chi connectivity index (χ0) is 40.1. The van der Waals surface area contributed by atoms with Gasteiger partial charge in [0.2, 0.25) is 29.5 Å². The van der Waals surface area contributed by atoms with Crippen LogP contribution in [0.25, 0.3) is 11.1 Å². The number of benzene rings is 4. The second-order valence-electron chi connectivity index (χ2n) is 14.1. The fraction of sp³-hybridized carbons (Fsp3) is 0.273. The van der Waals surface area contributed by atoms with Crippen molar-refractivity contribution in [2.24, 2.45) is 0 Å². The van der Waals surface area contributed by atoms with Gasteiger partial charge in [0.1, 0.15) is 24.2 Å². The van der Waals surface area contributed by atoms with E-state index in [0.717, 1.165) is 22.3 Å². The number of rotatable bonds is 8. The molecule has 4 aromatic carbocycles. The Morgan fingerprint density at radius 2 is 1.18 bits per heavy atom. The third-order valence-corrected chi connectivity index (χ3v) is 11.0. The first-order valence-corrected chi connectivity index (χ1v) is 19.8. The molecule has 57 heavy (non-hydrogen) atoms. The Morgan fingerprint density at radius 1 is 0.614 bits per heavy atom. The Balaban J connectivity index is 1.33. The van der Waals surface area contributed by atoms with Crippen LogP contribution in [0.2, 0.25) is 0 Å². The first-order chi connectivity index (χ1) is 27.6. The van der Waals surface area contributed by atoms with Crippen molar-refractivity contribution in [2.45, 2.75) is 74.4 Å². The summed E-state index contributed by atoms with van der Waals surface area (Å²) >= 11 is 1.54. The molecule has 5 atom stereocenters. The number of carbonyl (C=O) groups excluding carboxylic acids is 5. The highest BCUT2D eigenvalue weighted by atomic mass is 32.2. The molecule has 0 saturated carbocycles. The molecule has 0 aromatic heterocycles. The minimum atomic E-state index is -1.35. The van der Waals surface area contributed by atoms with Gasteiger partial charge in [0.15, 0.2) is 0 Å². The molecule has 3 aliphatic rings. The van der Waals surface area contributed by atoms with Gasteiger partial charge in [-0.15, -0.1) is 11.8 Å². The zero-order valence-corrected chi connectivity index (χ0v) is 32.0. The normalized spacial score (nSPS) is 22.3. The molecular formula is C44H45N5O7S. The Hall–Kier alpha value is -6.21. The third kappa shape index (κ3) is 11.9. The summed E-state index contributed by atoms with van der Waals surface area (Å²) < 4.78 is 0. The van der Waals surface area contributed by atoms with Gasteiger partial charge in [0.05, 0.1) is 0 Å². The van der Waals surface area contributed by atoms with Crippen LogP contribution in [-0.4, -0.2) is 70.0 Å². The topological polar surface area (TPSA) is 183 Å². The van der Waals surface area contributed by atoms with E-state index in [2.05, 4.69) is 26.6 Å². The lowest BCUT2D eigenvalue weighted by Crippen LogP contribution is -2.59. The van der Waals surface area contributed by atoms with E-state index in [4.69, 9.17) is 0 Å². The smallest absolute Gasteiger partial charge is 0.326 e. The Bertz CT molecular complexity index is 2070. The average molecular weight is 788 g/mol. The summed E-state index contributed by atoms with van der Waals surface area (Å²) in [5, 5.41) is 25.9. The number of nitrogens with one attached hydrogen (secondary N) is 5. The molecule has 0 radical (unpaired) electrons. The van der Waals surface area contributed by atoms with Crippen molar-refractivity contribution in [1.82, 2.24) is 21.3 Å². The highest BCUT2D eigenvalue weighted by molar-refractivity contribution is 8.03. The summed E-state index contributed by atoms with van der Waals surface area (Å²) in [6, 6.07) is 28.1. The molecule has 0 aliphatic carbocycles. The molecule has 1 unspecified atom stereocenters. The quantitative estimate of drug-likeness (QED) is 0.141. The van der Waals surface area contributed by atoms with Gasteiger partial charge < -0.3 is 31.7 Å². The van der Waals surface area contributed by atoms with E-state index in [0.29, 0.717) is 17.7 Å². The summed E-state index contributed by atoms with van der Waals surface area (Å²) in [6.45, 7) is 0. The van der Waals surface area contributed by atoms with Crippen molar-refractivity contribution in [3.8, 4) is 11.1 Å². The number of amides is 5. The number of hydrogen-bond acceptors (Lipinski definition) is 7. The molecule has 5 amide bonds. The number of fused-ring (bicyclic) bond motifs is 18. The first kappa shape index (κ1) is 40.5. The van der Waals surface area contributed by atoms with Crippen LogP contribution in [0.4, 0.5) is 5.69 Å². The molecule has 12 nitrogen and oxygen atoms in total. The third-order valence-electron chi connectivity index (χ3n) is 9.84. The molecule has 3 heterocycles. The lowest BCUT2D eigenvalue weighted by molar-refractivity contribution is -0.142. The standard InChI is InChI=1S/C44H45N5O7S/c50-39-21-22-40(51)46-37(27-34-12-7-23-57-34)43(54)48-36(25-29-13-17-32(18-14-29)31-10-5-2-6-11-31)41(52)47-35(24-28-8-3-1-4-9-28)42(53)49-38(44(55)56)26-30-15-19-33(45-39)20-16-30/h1-11,13-20,23,34-38H,12,21-22,24-27H2,(H,45,50)(H,46,51)(H,47,52)(H,48,54)(H,49,53)(H,55,56)/t34?,35-,36+,37-,38-/m0/s1. The number of allylic oxidation sites excluding steroid dienone is 1. The van der Waals surface area contributed by atoms with Gasteiger partial charge in [-0.1, -0.05) is 103 Å². The number of anilines is 1. The summed E-state index contributed by atoms with van der Waals surface area (Å²) in [5.74, 6) is -4.18. The molecule has 2 bridgehead atoms. The maximum Gasteiger partial charge on any atom is 0.326 e. The molecule has 294 valence electrons. The summed E-state index contributed by atoms with van der Waals surface area (Å²) in [4.78, 5) is 81.1. The van der Waals surface area contributed by atoms with Gasteiger partial charge in [-0.3, -0.25) is 24.0 Å². The molecule has 0 spiro atoms. The lowest BCUT2D eigenvalue weighted by atomic mass is 9.99. The van der Waals surface area contributed by atoms with Crippen molar-refractivity contribution < 1.29 is 33.9 Å². The van der Waals surface area contributed by atoms with Crippen molar-refractivity contribution in [1.29, 1.82) is 0 Å². The van der Waals surface area contributed by atoms with Crippen LogP contribution in [0.15, 0.2) is 121 Å². The molecule has 3 aliphatic heterocycles. The lowest BCUT2D eigenvalue weighted by Gasteiger charge is -2.27. The Morgan fingerprint density at radius 3 is 1.79 bits per heavy atom. The predicted octanol–water partition coefficient (Wildman–Crippen LogP) is 4.55. The maximum absolute atomic E-state index is 14.4. The van der Waals surface area contributed by atoms with E-state index in [1.165, 1.54) is 0 Å². The summed E-state index contributed by atoms with van der Waals surface area (Å²) in [7, 11) is 0. The van der Waals surface area contributed by atoms with Gasteiger partial charge in [-0.2, -0.15) is 0 Å². The predicted molar refractivity (Wildman–Crippen MR) is 219 cm³/mol. The van der Waals surface area contributed by atoms with Crippen molar-refractivity contribution in [3.05, 3.63) is 137 Å². The largest absolute Gasteiger partial charge is 0.480 e. The molecule has 0 fully saturated rings. The summed E-state index contributed by atoms with van der Waals surface area (Å²) in [6.07, 6.45) is 2.62. The van der Waals surface area contributed by atoms with Gasteiger partial charge >= 0.3 is 5.97 Å². The number of hydrogen-bond donors (Lipinski definition) is 6. The van der Waals surface area contributed by atoms with Crippen LogP contribution in [0.3, 0.4) is 0 Å². The van der Waals surface area contributed by atoms with Crippen LogP contribution in [-0.2, 0) is 48.0 Å². The van der Waals surface area contributed by atoms with E-state index in [1.807, 2.05) is 72.1 Å². The van der Waals surface area contributed by atoms with E-state index >= 15 is 0 Å². The van der Waals surface area contributed by atoms with E-state index in [9.17, 15) is 33.9 Å². The average Bonchev–Trinajstić information content (AvgIpc) is 3.73. The Kier molecular flexibility index (Phi) is 13.9. The maximum atomic E-state index is 14.4. The van der Waals surface area contributed by atoms with E-state index in [1.54, 1.807) is 60.3 Å². The molecule has 13 heteroatoms. The number of carboxylic acids is 1. The second-order valence-corrected chi connectivity index (χ2v) is 15.4. The highest BCUT2D eigenvalue weighted by Gasteiger charge is 2.33. The van der Waals surface area contributed by atoms with Crippen LogP contribution < -0.4 is 26.6 Å². The van der Waals surface area contributed by atoms with Crippen molar-refractivity contribution in [3.63, 3.8) is 0 Å². The molecule has 0 saturated heterocycles. The van der Waals surface area contributed by atoms with Crippen molar-refractivity contribution in [2.75, 3.05) is 5.32 Å². The van der Waals surface area contributed by atoms with Gasteiger partial charge in [-0.25, -0.2) is 4.79 Å². The summed E-state index contributed by atoms with van der Waals surface area (Å²) in [5.41, 5.74) is 4.44. The number of carbonyl (C=O) groups is 6. The van der Waals surface area contributed by atoms with E-state index in [-0.39, 0.29) is 43.8 Å². The first-order valence-electron chi connectivity index (χ1n) is 18.9. The fourth-order valence-corrected chi connectivity index (χ4v) is 7.71. The zero-order valence-electron chi connectivity index (χ0n) is 31.2. The van der Waals surface area contributed by atoms with E-state index < -0.39 is 59.7 Å². The monoisotopic (exact) mass is 787 g/mol. The van der Waals surface area contributed by atoms with Crippen LogP contribution >= 0.6 is 11.8 Å². The molecule has 7 rings (SSSR count). The SMILES string of the molecule is O=C1CCC(=O)N[C@@H](CC2CC=CS2)C(=O)N[C@H](Cc2ccc(-c3ccccc3)cc2)C(=O)N[C@@H](Cc2ccccc2)C(=O)N[C@H](C(=O)O)Cc2ccc(cc2)N1. The van der Waals surface area contributed by atoms with Crippen LogP contribution in [0.1, 0.15) is 42.4 Å². The molecule has 6 N–H and O–H groups in total. The molecular weight excluding hydrogens is 743 g/mol. The van der Waals surface area contributed by atoms with Crippen LogP contribution in [0, 0.1) is 0 Å².